The molecule has 4 N–H and O–H groups in total. The number of carbonyl (C=O) groups excluding carboxylic acids is 1. The normalized spacial score (nSPS) is 13.9. The SMILES string of the molecule is N=C(N)c1ccc(-c2ccc(N3CCN(CCC(=O)O)C3=O)nn2)cc1. The van der Waals surface area contributed by atoms with Gasteiger partial charge in [0.05, 0.1) is 12.1 Å². The van der Waals surface area contributed by atoms with Gasteiger partial charge in [0.15, 0.2) is 5.82 Å². The summed E-state index contributed by atoms with van der Waals surface area (Å²) in [6.07, 6.45) is -0.0829. The van der Waals surface area contributed by atoms with E-state index < -0.39 is 5.97 Å². The van der Waals surface area contributed by atoms with Gasteiger partial charge in [0.25, 0.3) is 0 Å². The molecule has 9 heteroatoms. The fourth-order valence-electron chi connectivity index (χ4n) is 2.68. The zero-order chi connectivity index (χ0) is 18.7. The number of hydrogen-bond acceptors (Lipinski definition) is 5. The van der Waals surface area contributed by atoms with Crippen LogP contribution >= 0.6 is 0 Å². The molecule has 0 saturated carbocycles. The molecule has 2 amide bonds. The third-order valence-electron chi connectivity index (χ3n) is 4.11. The van der Waals surface area contributed by atoms with Gasteiger partial charge in [-0.25, -0.2) is 4.79 Å². The molecule has 2 aromatic rings. The lowest BCUT2D eigenvalue weighted by Crippen LogP contribution is -2.33. The highest BCUT2D eigenvalue weighted by atomic mass is 16.4. The number of nitrogens with zero attached hydrogens (tertiary/aromatic N) is 4. The first-order valence-corrected chi connectivity index (χ1v) is 8.02. The fourth-order valence-corrected chi connectivity index (χ4v) is 2.68. The average Bonchev–Trinajstić information content (AvgIpc) is 3.01. The number of carboxylic acid groups (broad SMARTS) is 1. The van der Waals surface area contributed by atoms with E-state index in [1.165, 1.54) is 9.80 Å². The van der Waals surface area contributed by atoms with E-state index in [1.807, 2.05) is 0 Å². The number of aromatic nitrogens is 2. The van der Waals surface area contributed by atoms with Crippen molar-refractivity contribution in [3.63, 3.8) is 0 Å². The Bertz CT molecular complexity index is 835. The van der Waals surface area contributed by atoms with E-state index in [2.05, 4.69) is 10.2 Å². The van der Waals surface area contributed by atoms with Gasteiger partial charge in [0, 0.05) is 30.8 Å². The molecule has 1 aromatic carbocycles. The number of nitrogens with two attached hydrogens (primary N) is 1. The lowest BCUT2D eigenvalue weighted by Gasteiger charge is -2.17. The minimum Gasteiger partial charge on any atom is -0.481 e. The largest absolute Gasteiger partial charge is 0.481 e. The Morgan fingerprint density at radius 3 is 2.46 bits per heavy atom. The van der Waals surface area contributed by atoms with Gasteiger partial charge in [0.2, 0.25) is 0 Å². The Balaban J connectivity index is 1.70. The van der Waals surface area contributed by atoms with E-state index in [-0.39, 0.29) is 24.8 Å². The Morgan fingerprint density at radius 2 is 1.88 bits per heavy atom. The fraction of sp³-hybridized carbons (Fsp3) is 0.235. The molecule has 9 nitrogen and oxygen atoms in total. The van der Waals surface area contributed by atoms with Crippen molar-refractivity contribution in [2.45, 2.75) is 6.42 Å². The van der Waals surface area contributed by atoms with Crippen LogP contribution in [0.1, 0.15) is 12.0 Å². The van der Waals surface area contributed by atoms with Crippen molar-refractivity contribution in [3.05, 3.63) is 42.0 Å². The number of rotatable bonds is 6. The van der Waals surface area contributed by atoms with Gasteiger partial charge in [-0.05, 0) is 12.1 Å². The molecule has 26 heavy (non-hydrogen) atoms. The molecule has 0 spiro atoms. The molecular formula is C17H18N6O3. The lowest BCUT2D eigenvalue weighted by molar-refractivity contribution is -0.137. The van der Waals surface area contributed by atoms with Gasteiger partial charge in [-0.3, -0.25) is 15.1 Å². The molecule has 1 aliphatic rings. The van der Waals surface area contributed by atoms with Gasteiger partial charge in [-0.1, -0.05) is 24.3 Å². The van der Waals surface area contributed by atoms with Gasteiger partial charge >= 0.3 is 12.0 Å². The maximum absolute atomic E-state index is 12.3. The highest BCUT2D eigenvalue weighted by molar-refractivity contribution is 5.95. The zero-order valence-corrected chi connectivity index (χ0v) is 13.9. The van der Waals surface area contributed by atoms with Crippen LogP contribution in [-0.4, -0.2) is 57.7 Å². The third-order valence-corrected chi connectivity index (χ3v) is 4.11. The summed E-state index contributed by atoms with van der Waals surface area (Å²) in [4.78, 5) is 26.0. The Labute approximate surface area is 149 Å². The van der Waals surface area contributed by atoms with Crippen LogP contribution in [0.15, 0.2) is 36.4 Å². The quantitative estimate of drug-likeness (QED) is 0.526. The summed E-state index contributed by atoms with van der Waals surface area (Å²) in [5, 5.41) is 24.4. The van der Waals surface area contributed by atoms with Gasteiger partial charge in [-0.15, -0.1) is 10.2 Å². The molecular weight excluding hydrogens is 336 g/mol. The molecule has 134 valence electrons. The van der Waals surface area contributed by atoms with Crippen molar-refractivity contribution in [1.82, 2.24) is 15.1 Å². The minimum absolute atomic E-state index is 0.00187. The standard InChI is InChI=1S/C17H18N6O3/c18-16(19)12-3-1-11(2-4-12)13-5-6-14(21-20-13)23-10-9-22(17(23)26)8-7-15(24)25/h1-6H,7-10H2,(H3,18,19)(H,24,25). The number of hydrogen-bond donors (Lipinski definition) is 3. The molecule has 0 aliphatic carbocycles. The topological polar surface area (TPSA) is 137 Å². The Morgan fingerprint density at radius 1 is 1.15 bits per heavy atom. The first-order valence-electron chi connectivity index (χ1n) is 8.02. The number of benzene rings is 1. The van der Waals surface area contributed by atoms with Crippen LogP contribution in [0.4, 0.5) is 10.6 Å². The Kier molecular flexibility index (Phi) is 4.78. The van der Waals surface area contributed by atoms with Gasteiger partial charge in [0.1, 0.15) is 5.84 Å². The third kappa shape index (κ3) is 3.61. The predicted octanol–water partition coefficient (Wildman–Crippen LogP) is 1.14. The maximum Gasteiger partial charge on any atom is 0.325 e. The molecule has 0 atom stereocenters. The molecule has 0 unspecified atom stereocenters. The highest BCUT2D eigenvalue weighted by Gasteiger charge is 2.30. The summed E-state index contributed by atoms with van der Waals surface area (Å²) in [5.41, 5.74) is 7.52. The maximum atomic E-state index is 12.3. The lowest BCUT2D eigenvalue weighted by atomic mass is 10.1. The van der Waals surface area contributed by atoms with Crippen LogP contribution in [0.25, 0.3) is 11.3 Å². The molecule has 0 bridgehead atoms. The molecule has 1 saturated heterocycles. The van der Waals surface area contributed by atoms with E-state index in [1.54, 1.807) is 36.4 Å². The molecule has 2 heterocycles. The van der Waals surface area contributed by atoms with Crippen molar-refractivity contribution in [2.24, 2.45) is 5.73 Å². The van der Waals surface area contributed by atoms with E-state index in [0.717, 1.165) is 5.56 Å². The van der Waals surface area contributed by atoms with Crippen LogP contribution < -0.4 is 10.6 Å². The second-order valence-corrected chi connectivity index (χ2v) is 5.83. The van der Waals surface area contributed by atoms with E-state index >= 15 is 0 Å². The van der Waals surface area contributed by atoms with E-state index in [9.17, 15) is 9.59 Å². The minimum atomic E-state index is -0.934. The number of nitrogen functional groups attached to an aromatic ring is 1. The van der Waals surface area contributed by atoms with E-state index in [4.69, 9.17) is 16.2 Å². The predicted molar refractivity (Wildman–Crippen MR) is 95.1 cm³/mol. The molecule has 1 aromatic heterocycles. The number of amides is 2. The van der Waals surface area contributed by atoms with Crippen LogP contribution in [0.2, 0.25) is 0 Å². The molecule has 1 aliphatic heterocycles. The number of aliphatic carboxylic acids is 1. The average molecular weight is 354 g/mol. The van der Waals surface area contributed by atoms with Crippen LogP contribution in [0.5, 0.6) is 0 Å². The van der Waals surface area contributed by atoms with E-state index in [0.29, 0.717) is 30.2 Å². The smallest absolute Gasteiger partial charge is 0.325 e. The van der Waals surface area contributed by atoms with Crippen molar-refractivity contribution in [2.75, 3.05) is 24.5 Å². The highest BCUT2D eigenvalue weighted by Crippen LogP contribution is 2.21. The van der Waals surface area contributed by atoms with Crippen LogP contribution in [-0.2, 0) is 4.79 Å². The Hall–Kier alpha value is -3.49. The summed E-state index contributed by atoms with van der Waals surface area (Å²) >= 11 is 0. The van der Waals surface area contributed by atoms with Crippen LogP contribution in [0, 0.1) is 5.41 Å². The summed E-state index contributed by atoms with van der Waals surface area (Å²) in [6, 6.07) is 10.3. The summed E-state index contributed by atoms with van der Waals surface area (Å²) in [6.45, 7) is 1.08. The first-order chi connectivity index (χ1) is 12.5. The number of carbonyl (C=O) groups is 2. The summed E-state index contributed by atoms with van der Waals surface area (Å²) in [7, 11) is 0. The van der Waals surface area contributed by atoms with Crippen LogP contribution in [0.3, 0.4) is 0 Å². The number of anilines is 1. The monoisotopic (exact) mass is 354 g/mol. The van der Waals surface area contributed by atoms with Gasteiger partial charge in [-0.2, -0.15) is 0 Å². The van der Waals surface area contributed by atoms with Crippen molar-refractivity contribution in [3.8, 4) is 11.3 Å². The molecule has 1 fully saturated rings. The summed E-state index contributed by atoms with van der Waals surface area (Å²) in [5.74, 6) is -0.508. The first kappa shape index (κ1) is 17.3. The second-order valence-electron chi connectivity index (χ2n) is 5.83. The molecule has 0 radical (unpaired) electrons. The van der Waals surface area contributed by atoms with Crippen molar-refractivity contribution >= 4 is 23.7 Å². The van der Waals surface area contributed by atoms with Crippen molar-refractivity contribution < 1.29 is 14.7 Å². The second kappa shape index (κ2) is 7.18. The number of nitrogens with one attached hydrogen (secondary N) is 1. The number of amidine groups is 1. The number of carboxylic acids is 1. The summed E-state index contributed by atoms with van der Waals surface area (Å²) < 4.78 is 0. The number of urea groups is 1. The zero-order valence-electron chi connectivity index (χ0n) is 13.9. The van der Waals surface area contributed by atoms with Gasteiger partial charge < -0.3 is 15.7 Å². The van der Waals surface area contributed by atoms with Crippen molar-refractivity contribution in [1.29, 1.82) is 5.41 Å². The molecule has 3 rings (SSSR count).